The minimum absolute atomic E-state index is 0.136. The van der Waals surface area contributed by atoms with E-state index >= 15 is 0 Å². The van der Waals surface area contributed by atoms with Gasteiger partial charge in [-0.2, -0.15) is 0 Å². The van der Waals surface area contributed by atoms with Crippen molar-refractivity contribution in [3.05, 3.63) is 47.0 Å². The minimum atomic E-state index is -3.75. The fourth-order valence-corrected chi connectivity index (χ4v) is 5.04. The molecule has 2 aliphatic rings. The van der Waals surface area contributed by atoms with Crippen LogP contribution in [-0.2, 0) is 21.2 Å². The number of ether oxygens (including phenoxy) is 1. The van der Waals surface area contributed by atoms with Crippen LogP contribution >= 0.6 is 0 Å². The second kappa shape index (κ2) is 6.81. The molecule has 0 bridgehead atoms. The van der Waals surface area contributed by atoms with Gasteiger partial charge in [0.25, 0.3) is 10.0 Å². The molecule has 4 rings (SSSR count). The van der Waals surface area contributed by atoms with Crippen molar-refractivity contribution in [2.24, 2.45) is 5.92 Å². The van der Waals surface area contributed by atoms with E-state index in [4.69, 9.17) is 4.74 Å². The fraction of sp³-hybridized carbons (Fsp3) is 0.381. The van der Waals surface area contributed by atoms with Crippen LogP contribution < -0.4 is 14.4 Å². The average molecular weight is 401 g/mol. The van der Waals surface area contributed by atoms with Gasteiger partial charge in [0.1, 0.15) is 5.75 Å². The maximum absolute atomic E-state index is 12.9. The predicted molar refractivity (Wildman–Crippen MR) is 108 cm³/mol. The van der Waals surface area contributed by atoms with Crippen LogP contribution in [0, 0.1) is 19.8 Å². The molecule has 0 saturated heterocycles. The summed E-state index contributed by atoms with van der Waals surface area (Å²) in [7, 11) is -2.18. The topological polar surface area (TPSA) is 75.7 Å². The zero-order valence-electron chi connectivity index (χ0n) is 16.3. The highest BCUT2D eigenvalue weighted by Gasteiger charge is 2.36. The summed E-state index contributed by atoms with van der Waals surface area (Å²) >= 11 is 0. The number of hydrogen-bond acceptors (Lipinski definition) is 4. The van der Waals surface area contributed by atoms with Crippen LogP contribution in [0.25, 0.3) is 0 Å². The van der Waals surface area contributed by atoms with Gasteiger partial charge < -0.3 is 9.64 Å². The molecule has 2 aromatic rings. The van der Waals surface area contributed by atoms with Gasteiger partial charge in [-0.25, -0.2) is 8.42 Å². The molecule has 1 aliphatic carbocycles. The average Bonchev–Trinajstić information content (AvgIpc) is 3.40. The van der Waals surface area contributed by atoms with Crippen LogP contribution in [0.2, 0.25) is 0 Å². The molecule has 0 atom stereocenters. The fourth-order valence-electron chi connectivity index (χ4n) is 3.82. The van der Waals surface area contributed by atoms with E-state index in [1.807, 2.05) is 19.9 Å². The zero-order valence-corrected chi connectivity index (χ0v) is 17.1. The molecule has 28 heavy (non-hydrogen) atoms. The summed E-state index contributed by atoms with van der Waals surface area (Å²) in [5, 5.41) is 0. The van der Waals surface area contributed by atoms with Gasteiger partial charge in [0.2, 0.25) is 5.91 Å². The maximum atomic E-state index is 12.9. The Morgan fingerprint density at radius 3 is 2.43 bits per heavy atom. The van der Waals surface area contributed by atoms with E-state index in [2.05, 4.69) is 4.72 Å². The molecule has 0 aromatic heterocycles. The van der Waals surface area contributed by atoms with E-state index < -0.39 is 10.0 Å². The van der Waals surface area contributed by atoms with Crippen molar-refractivity contribution in [1.29, 1.82) is 0 Å². The van der Waals surface area contributed by atoms with Gasteiger partial charge in [-0.05, 0) is 74.1 Å². The normalized spacial score (nSPS) is 16.0. The van der Waals surface area contributed by atoms with Crippen molar-refractivity contribution in [1.82, 2.24) is 0 Å². The Labute approximate surface area is 165 Å². The molecular weight excluding hydrogens is 376 g/mol. The number of benzene rings is 2. The number of methoxy groups -OCH3 is 1. The van der Waals surface area contributed by atoms with Crippen molar-refractivity contribution in [2.75, 3.05) is 23.3 Å². The van der Waals surface area contributed by atoms with Gasteiger partial charge >= 0.3 is 0 Å². The van der Waals surface area contributed by atoms with E-state index in [9.17, 15) is 13.2 Å². The lowest BCUT2D eigenvalue weighted by molar-refractivity contribution is -0.119. The summed E-state index contributed by atoms with van der Waals surface area (Å²) < 4.78 is 33.8. The van der Waals surface area contributed by atoms with E-state index in [-0.39, 0.29) is 16.7 Å². The lowest BCUT2D eigenvalue weighted by atomic mass is 10.1. The lowest BCUT2D eigenvalue weighted by Gasteiger charge is -2.18. The van der Waals surface area contributed by atoms with Crippen LogP contribution in [0.3, 0.4) is 0 Å². The molecule has 0 spiro atoms. The Kier molecular flexibility index (Phi) is 4.57. The van der Waals surface area contributed by atoms with Crippen molar-refractivity contribution < 1.29 is 17.9 Å². The van der Waals surface area contributed by atoms with Crippen molar-refractivity contribution in [3.8, 4) is 5.75 Å². The second-order valence-corrected chi connectivity index (χ2v) is 9.24. The third-order valence-electron chi connectivity index (χ3n) is 5.37. The quantitative estimate of drug-likeness (QED) is 0.835. The first kappa shape index (κ1) is 18.8. The number of sulfonamides is 1. The molecule has 2 aromatic carbocycles. The summed E-state index contributed by atoms with van der Waals surface area (Å²) in [5.74, 6) is 0.974. The number of carbonyl (C=O) groups excluding carboxylic acids is 1. The van der Waals surface area contributed by atoms with E-state index in [1.54, 1.807) is 36.3 Å². The Morgan fingerprint density at radius 1 is 1.14 bits per heavy atom. The summed E-state index contributed by atoms with van der Waals surface area (Å²) in [4.78, 5) is 14.5. The molecule has 1 heterocycles. The number of rotatable bonds is 5. The molecule has 1 N–H and O–H groups in total. The van der Waals surface area contributed by atoms with E-state index in [0.29, 0.717) is 18.0 Å². The molecule has 6 nitrogen and oxygen atoms in total. The molecule has 1 fully saturated rings. The van der Waals surface area contributed by atoms with Crippen LogP contribution in [0.15, 0.2) is 35.2 Å². The number of nitrogens with one attached hydrogen (secondary N) is 1. The SMILES string of the molecule is COc1c(C)cc(S(=O)(=O)Nc2ccc3c(c2)N(C(=O)C2CC2)CC3)cc1C. The number of nitrogens with zero attached hydrogens (tertiary/aromatic N) is 1. The van der Waals surface area contributed by atoms with Crippen molar-refractivity contribution in [3.63, 3.8) is 0 Å². The van der Waals surface area contributed by atoms with Crippen LogP contribution in [0.4, 0.5) is 11.4 Å². The Morgan fingerprint density at radius 2 is 1.82 bits per heavy atom. The number of anilines is 2. The molecule has 0 unspecified atom stereocenters. The smallest absolute Gasteiger partial charge is 0.261 e. The lowest BCUT2D eigenvalue weighted by Crippen LogP contribution is -2.30. The molecule has 1 amide bonds. The van der Waals surface area contributed by atoms with Crippen LogP contribution in [0.5, 0.6) is 5.75 Å². The number of amides is 1. The first-order valence-electron chi connectivity index (χ1n) is 9.42. The van der Waals surface area contributed by atoms with Crippen LogP contribution in [0.1, 0.15) is 29.5 Å². The Balaban J connectivity index is 1.62. The number of hydrogen-bond donors (Lipinski definition) is 1. The number of carbonyl (C=O) groups is 1. The van der Waals surface area contributed by atoms with Gasteiger partial charge in [-0.3, -0.25) is 9.52 Å². The Bertz CT molecular complexity index is 1040. The molecule has 7 heteroatoms. The molecule has 0 radical (unpaired) electrons. The molecular formula is C21H24N2O4S. The highest BCUT2D eigenvalue weighted by atomic mass is 32.2. The third kappa shape index (κ3) is 3.35. The van der Waals surface area contributed by atoms with Gasteiger partial charge in [-0.1, -0.05) is 6.07 Å². The number of aryl methyl sites for hydroxylation is 2. The maximum Gasteiger partial charge on any atom is 0.261 e. The number of fused-ring (bicyclic) bond motifs is 1. The first-order chi connectivity index (χ1) is 13.3. The first-order valence-corrected chi connectivity index (χ1v) is 10.9. The largest absolute Gasteiger partial charge is 0.496 e. The summed E-state index contributed by atoms with van der Waals surface area (Å²) in [6.07, 6.45) is 2.71. The molecule has 1 saturated carbocycles. The van der Waals surface area contributed by atoms with E-state index in [0.717, 1.165) is 41.6 Å². The second-order valence-electron chi connectivity index (χ2n) is 7.55. The van der Waals surface area contributed by atoms with Gasteiger partial charge in [-0.15, -0.1) is 0 Å². The van der Waals surface area contributed by atoms with Crippen molar-refractivity contribution in [2.45, 2.75) is 38.0 Å². The summed E-state index contributed by atoms with van der Waals surface area (Å²) in [5.41, 5.74) is 3.88. The minimum Gasteiger partial charge on any atom is -0.496 e. The van der Waals surface area contributed by atoms with E-state index in [1.165, 1.54) is 0 Å². The van der Waals surface area contributed by atoms with Gasteiger partial charge in [0.05, 0.1) is 17.7 Å². The molecule has 148 valence electrons. The van der Waals surface area contributed by atoms with Crippen molar-refractivity contribution >= 4 is 27.3 Å². The highest BCUT2D eigenvalue weighted by Crippen LogP contribution is 2.38. The predicted octanol–water partition coefficient (Wildman–Crippen LogP) is 3.41. The van der Waals surface area contributed by atoms with Gasteiger partial charge in [0.15, 0.2) is 0 Å². The van der Waals surface area contributed by atoms with Gasteiger partial charge in [0, 0.05) is 18.2 Å². The van der Waals surface area contributed by atoms with Crippen LogP contribution in [-0.4, -0.2) is 28.0 Å². The zero-order chi connectivity index (χ0) is 20.1. The highest BCUT2D eigenvalue weighted by molar-refractivity contribution is 7.92. The standard InChI is InChI=1S/C21H24N2O4S/c1-13-10-18(11-14(2)20(13)27-3)28(25,26)22-17-7-6-15-8-9-23(19(15)12-17)21(24)16-4-5-16/h6-7,10-12,16,22H,4-5,8-9H2,1-3H3. The monoisotopic (exact) mass is 400 g/mol. The third-order valence-corrected chi connectivity index (χ3v) is 6.73. The molecule has 1 aliphatic heterocycles. The summed E-state index contributed by atoms with van der Waals surface area (Å²) in [6, 6.07) is 8.63. The Hall–Kier alpha value is -2.54. The summed E-state index contributed by atoms with van der Waals surface area (Å²) in [6.45, 7) is 4.31.